The minimum Gasteiger partial charge on any atom is -0.455 e. The lowest BCUT2D eigenvalue weighted by Crippen LogP contribution is -2.64. The molecule has 7 heteroatoms. The number of hydrogen-bond acceptors (Lipinski definition) is 5. The normalized spacial score (nSPS) is 32.6. The SMILES string of the molecule is Cc1c(-c2ccc(Cl)nc2C(=O)OC(C)(C)C)ccn1CC12CC3(C)CC(C)(C1)CC(OCCN)(C3)C2. The fraction of sp³-hybridized carbons (Fsp3) is 0.667. The predicted octanol–water partition coefficient (Wildman–Crippen LogP) is 6.56. The van der Waals surface area contributed by atoms with Crippen LogP contribution in [-0.4, -0.2) is 39.9 Å². The summed E-state index contributed by atoms with van der Waals surface area (Å²) in [5.41, 5.74) is 9.07. The number of nitrogens with zero attached hydrogens (tertiary/aromatic N) is 2. The van der Waals surface area contributed by atoms with Crippen molar-refractivity contribution in [3.05, 3.63) is 40.9 Å². The zero-order chi connectivity index (χ0) is 26.9. The van der Waals surface area contributed by atoms with Gasteiger partial charge in [-0.25, -0.2) is 9.78 Å². The molecule has 0 spiro atoms. The molecule has 0 aromatic carbocycles. The number of aromatic nitrogens is 2. The molecule has 2 atom stereocenters. The first kappa shape index (κ1) is 26.7. The van der Waals surface area contributed by atoms with Gasteiger partial charge in [0.1, 0.15) is 10.8 Å². The van der Waals surface area contributed by atoms with Crippen molar-refractivity contribution in [3.63, 3.8) is 0 Å². The van der Waals surface area contributed by atoms with Gasteiger partial charge in [-0.05, 0) is 101 Å². The third-order valence-corrected chi connectivity index (χ3v) is 8.88. The molecule has 2 N–H and O–H groups in total. The Labute approximate surface area is 226 Å². The summed E-state index contributed by atoms with van der Waals surface area (Å²) in [6, 6.07) is 5.71. The molecule has 0 radical (unpaired) electrons. The second kappa shape index (κ2) is 8.82. The average molecular weight is 528 g/mol. The van der Waals surface area contributed by atoms with Gasteiger partial charge in [0.2, 0.25) is 0 Å². The topological polar surface area (TPSA) is 79.4 Å². The summed E-state index contributed by atoms with van der Waals surface area (Å²) in [5, 5.41) is 0.277. The fourth-order valence-corrected chi connectivity index (χ4v) is 9.08. The summed E-state index contributed by atoms with van der Waals surface area (Å²) in [5.74, 6) is -0.460. The maximum atomic E-state index is 13.0. The number of nitrogens with two attached hydrogens (primary N) is 1. The van der Waals surface area contributed by atoms with Crippen LogP contribution in [0.4, 0.5) is 0 Å². The van der Waals surface area contributed by atoms with Crippen molar-refractivity contribution < 1.29 is 14.3 Å². The van der Waals surface area contributed by atoms with Gasteiger partial charge in [-0.2, -0.15) is 0 Å². The Morgan fingerprint density at radius 3 is 2.35 bits per heavy atom. The van der Waals surface area contributed by atoms with Gasteiger partial charge in [-0.15, -0.1) is 0 Å². The first-order chi connectivity index (χ1) is 17.2. The highest BCUT2D eigenvalue weighted by molar-refractivity contribution is 6.29. The highest BCUT2D eigenvalue weighted by Gasteiger charge is 2.66. The lowest BCUT2D eigenvalue weighted by molar-refractivity contribution is -0.246. The largest absolute Gasteiger partial charge is 0.455 e. The van der Waals surface area contributed by atoms with Crippen LogP contribution >= 0.6 is 11.6 Å². The molecule has 4 fully saturated rings. The first-order valence-corrected chi connectivity index (χ1v) is 14.0. The van der Waals surface area contributed by atoms with E-state index < -0.39 is 11.6 Å². The number of rotatable bonds is 7. The van der Waals surface area contributed by atoms with Crippen LogP contribution < -0.4 is 5.73 Å². The smallest absolute Gasteiger partial charge is 0.358 e. The van der Waals surface area contributed by atoms with E-state index in [0.717, 1.165) is 42.6 Å². The van der Waals surface area contributed by atoms with E-state index in [1.807, 2.05) is 26.8 Å². The summed E-state index contributed by atoms with van der Waals surface area (Å²) >= 11 is 6.20. The van der Waals surface area contributed by atoms with Crippen LogP contribution in [0.1, 0.15) is 89.3 Å². The molecule has 4 bridgehead atoms. The molecule has 37 heavy (non-hydrogen) atoms. The van der Waals surface area contributed by atoms with E-state index in [0.29, 0.717) is 24.0 Å². The standard InChI is InChI=1S/C30H42ClN3O3/c1-20-21(22-7-8-23(31)33-24(22)25(35)37-26(2,3)4)9-11-34(20)19-29-14-27(5)13-28(6,15-29)17-30(16-27,18-29)36-12-10-32/h7-9,11H,10,12-19,32H2,1-6H3. The number of ether oxygens (including phenoxy) is 2. The summed E-state index contributed by atoms with van der Waals surface area (Å²) in [6.07, 6.45) is 9.26. The number of carbonyl (C=O) groups excluding carboxylic acids is 1. The maximum Gasteiger partial charge on any atom is 0.358 e. The predicted molar refractivity (Wildman–Crippen MR) is 147 cm³/mol. The second-order valence-corrected chi connectivity index (χ2v) is 14.4. The monoisotopic (exact) mass is 527 g/mol. The zero-order valence-corrected chi connectivity index (χ0v) is 24.0. The molecule has 0 aliphatic heterocycles. The van der Waals surface area contributed by atoms with E-state index in [1.165, 1.54) is 19.3 Å². The molecule has 2 aromatic heterocycles. The molecule has 0 saturated heterocycles. The van der Waals surface area contributed by atoms with Gasteiger partial charge in [-0.1, -0.05) is 25.4 Å². The van der Waals surface area contributed by atoms with Gasteiger partial charge < -0.3 is 19.8 Å². The van der Waals surface area contributed by atoms with Crippen molar-refractivity contribution in [1.82, 2.24) is 9.55 Å². The van der Waals surface area contributed by atoms with Crippen LogP contribution in [0, 0.1) is 23.2 Å². The van der Waals surface area contributed by atoms with E-state index in [4.69, 9.17) is 26.8 Å². The molecule has 6 rings (SSSR count). The van der Waals surface area contributed by atoms with Crippen LogP contribution in [0.5, 0.6) is 0 Å². The third-order valence-electron chi connectivity index (χ3n) is 8.67. The summed E-state index contributed by atoms with van der Waals surface area (Å²) in [7, 11) is 0. The summed E-state index contributed by atoms with van der Waals surface area (Å²) < 4.78 is 14.6. The van der Waals surface area contributed by atoms with Crippen LogP contribution in [-0.2, 0) is 16.0 Å². The minimum atomic E-state index is -0.619. The molecule has 202 valence electrons. The Kier molecular flexibility index (Phi) is 6.37. The molecular formula is C30H42ClN3O3. The quantitative estimate of drug-likeness (QED) is 0.325. The van der Waals surface area contributed by atoms with Gasteiger partial charge in [-0.3, -0.25) is 0 Å². The fourth-order valence-electron chi connectivity index (χ4n) is 8.93. The van der Waals surface area contributed by atoms with E-state index in [2.05, 4.69) is 42.6 Å². The van der Waals surface area contributed by atoms with Crippen molar-refractivity contribution in [2.24, 2.45) is 22.0 Å². The Bertz CT molecular complexity index is 1200. The number of carbonyl (C=O) groups is 1. The van der Waals surface area contributed by atoms with Crippen LogP contribution in [0.25, 0.3) is 11.1 Å². The van der Waals surface area contributed by atoms with Crippen molar-refractivity contribution in [3.8, 4) is 11.1 Å². The van der Waals surface area contributed by atoms with Crippen molar-refractivity contribution in [2.75, 3.05) is 13.2 Å². The molecule has 2 unspecified atom stereocenters. The second-order valence-electron chi connectivity index (χ2n) is 14.0. The number of hydrogen-bond donors (Lipinski definition) is 1. The lowest BCUT2D eigenvalue weighted by atomic mass is 9.39. The number of pyridine rings is 1. The molecule has 0 amide bonds. The van der Waals surface area contributed by atoms with Gasteiger partial charge in [0, 0.05) is 36.1 Å². The van der Waals surface area contributed by atoms with E-state index in [1.54, 1.807) is 6.07 Å². The van der Waals surface area contributed by atoms with Crippen LogP contribution in [0.15, 0.2) is 24.4 Å². The number of halogens is 1. The van der Waals surface area contributed by atoms with Gasteiger partial charge in [0.25, 0.3) is 0 Å². The van der Waals surface area contributed by atoms with Gasteiger partial charge >= 0.3 is 5.97 Å². The van der Waals surface area contributed by atoms with E-state index in [-0.39, 0.29) is 21.9 Å². The van der Waals surface area contributed by atoms with E-state index in [9.17, 15) is 4.79 Å². The highest BCUT2D eigenvalue weighted by atomic mass is 35.5. The molecule has 2 aromatic rings. The molecule has 4 aliphatic rings. The van der Waals surface area contributed by atoms with Gasteiger partial charge in [0.05, 0.1) is 12.2 Å². The molecule has 4 aliphatic carbocycles. The lowest BCUT2D eigenvalue weighted by Gasteiger charge is -2.69. The Morgan fingerprint density at radius 2 is 1.73 bits per heavy atom. The van der Waals surface area contributed by atoms with Crippen LogP contribution in [0.2, 0.25) is 5.15 Å². The Hall–Kier alpha value is -1.89. The highest BCUT2D eigenvalue weighted by Crippen LogP contribution is 2.72. The van der Waals surface area contributed by atoms with Crippen molar-refractivity contribution in [2.45, 2.75) is 97.8 Å². The average Bonchev–Trinajstić information content (AvgIpc) is 3.08. The Morgan fingerprint density at radius 1 is 1.05 bits per heavy atom. The Balaban J connectivity index is 1.48. The van der Waals surface area contributed by atoms with Crippen molar-refractivity contribution in [1.29, 1.82) is 0 Å². The molecular weight excluding hydrogens is 486 g/mol. The van der Waals surface area contributed by atoms with Gasteiger partial charge in [0.15, 0.2) is 5.69 Å². The first-order valence-electron chi connectivity index (χ1n) is 13.6. The molecule has 2 heterocycles. The maximum absolute atomic E-state index is 13.0. The number of esters is 1. The zero-order valence-electron chi connectivity index (χ0n) is 23.2. The van der Waals surface area contributed by atoms with Crippen LogP contribution in [0.3, 0.4) is 0 Å². The molecule has 6 nitrogen and oxygen atoms in total. The van der Waals surface area contributed by atoms with E-state index >= 15 is 0 Å². The minimum absolute atomic E-state index is 0.0640. The summed E-state index contributed by atoms with van der Waals surface area (Å²) in [4.78, 5) is 17.4. The third kappa shape index (κ3) is 5.09. The van der Waals surface area contributed by atoms with Crippen molar-refractivity contribution >= 4 is 17.6 Å². The summed E-state index contributed by atoms with van der Waals surface area (Å²) in [6.45, 7) is 14.8. The molecule has 4 saturated carbocycles.